The van der Waals surface area contributed by atoms with Gasteiger partial charge in [-0.05, 0) is 17.7 Å². The number of hydrogen-bond acceptors (Lipinski definition) is 9. The van der Waals surface area contributed by atoms with E-state index < -0.39 is 0 Å². The van der Waals surface area contributed by atoms with E-state index >= 15 is 0 Å². The zero-order chi connectivity index (χ0) is 21.6. The summed E-state index contributed by atoms with van der Waals surface area (Å²) in [6, 6.07) is 7.39. The van der Waals surface area contributed by atoms with Gasteiger partial charge in [0.2, 0.25) is 5.91 Å². The number of aromatic nitrogens is 1. The van der Waals surface area contributed by atoms with Crippen LogP contribution in [-0.2, 0) is 4.79 Å². The van der Waals surface area contributed by atoms with Crippen molar-refractivity contribution in [1.29, 1.82) is 10.7 Å². The number of pyridine rings is 1. The average molecular weight is 422 g/mol. The lowest BCUT2D eigenvalue weighted by atomic mass is 9.85. The van der Waals surface area contributed by atoms with E-state index in [0.717, 1.165) is 16.9 Å². The fraction of sp³-hybridized carbons (Fsp3) is 0.200. The third kappa shape index (κ3) is 2.87. The topological polar surface area (TPSA) is 160 Å². The first-order valence-electron chi connectivity index (χ1n) is 8.91. The van der Waals surface area contributed by atoms with Gasteiger partial charge in [-0.1, -0.05) is 17.4 Å². The highest BCUT2D eigenvalue weighted by Crippen LogP contribution is 2.44. The van der Waals surface area contributed by atoms with Crippen molar-refractivity contribution in [2.45, 2.75) is 12.3 Å². The first-order valence-corrected chi connectivity index (χ1v) is 9.73. The zero-order valence-corrected chi connectivity index (χ0v) is 17.0. The third-order valence-electron chi connectivity index (χ3n) is 5.11. The second-order valence-corrected chi connectivity index (χ2v) is 7.74. The Bertz CT molecular complexity index is 1310. The van der Waals surface area contributed by atoms with E-state index in [9.17, 15) is 10.1 Å². The highest BCUT2D eigenvalue weighted by molar-refractivity contribution is 7.14. The number of nitrogens with two attached hydrogens (primary N) is 2. The van der Waals surface area contributed by atoms with Gasteiger partial charge >= 0.3 is 0 Å². The SMILES string of the molecule is COc1ccc([C@@H]2CC(=O)Nc3sc(=N)c4c(N)c(C#N)c(N)nc4c32)cc1OC. The maximum atomic E-state index is 12.4. The number of anilines is 3. The molecule has 152 valence electrons. The van der Waals surface area contributed by atoms with Gasteiger partial charge in [0.15, 0.2) is 11.5 Å². The van der Waals surface area contributed by atoms with Gasteiger partial charge in [0.05, 0.1) is 30.8 Å². The number of methoxy groups -OCH3 is 2. The molecule has 10 heteroatoms. The molecule has 9 nitrogen and oxygen atoms in total. The molecule has 30 heavy (non-hydrogen) atoms. The summed E-state index contributed by atoms with van der Waals surface area (Å²) in [6.45, 7) is 0. The maximum Gasteiger partial charge on any atom is 0.225 e. The number of amides is 1. The molecule has 0 spiro atoms. The molecule has 0 fully saturated rings. The summed E-state index contributed by atoms with van der Waals surface area (Å²) in [6.07, 6.45) is 0.170. The Morgan fingerprint density at radius 2 is 2.03 bits per heavy atom. The van der Waals surface area contributed by atoms with Crippen molar-refractivity contribution in [2.24, 2.45) is 0 Å². The van der Waals surface area contributed by atoms with Crippen molar-refractivity contribution < 1.29 is 14.3 Å². The Hall–Kier alpha value is -3.84. The molecule has 3 heterocycles. The van der Waals surface area contributed by atoms with Crippen LogP contribution >= 0.6 is 11.3 Å². The smallest absolute Gasteiger partial charge is 0.225 e. The number of hydrogen-bond donors (Lipinski definition) is 4. The first-order chi connectivity index (χ1) is 14.4. The van der Waals surface area contributed by atoms with Crippen molar-refractivity contribution in [1.82, 2.24) is 4.98 Å². The molecule has 1 aliphatic rings. The Kier molecular flexibility index (Phi) is 4.67. The van der Waals surface area contributed by atoms with Gasteiger partial charge in [0.1, 0.15) is 27.1 Å². The summed E-state index contributed by atoms with van der Waals surface area (Å²) in [5.41, 5.74) is 14.3. The van der Waals surface area contributed by atoms with E-state index in [1.165, 1.54) is 0 Å². The Morgan fingerprint density at radius 3 is 2.70 bits per heavy atom. The van der Waals surface area contributed by atoms with E-state index in [1.54, 1.807) is 20.3 Å². The van der Waals surface area contributed by atoms with Crippen molar-refractivity contribution in [2.75, 3.05) is 31.0 Å². The predicted octanol–water partition coefficient (Wildman–Crippen LogP) is 2.30. The molecule has 4 rings (SSSR count). The molecule has 0 aliphatic carbocycles. The van der Waals surface area contributed by atoms with Crippen LogP contribution in [0.3, 0.4) is 0 Å². The molecule has 0 radical (unpaired) electrons. The summed E-state index contributed by atoms with van der Waals surface area (Å²) in [5, 5.41) is 21.5. The number of ether oxygens (including phenoxy) is 2. The van der Waals surface area contributed by atoms with Gasteiger partial charge in [-0.25, -0.2) is 4.98 Å². The highest BCUT2D eigenvalue weighted by Gasteiger charge is 2.32. The van der Waals surface area contributed by atoms with Gasteiger partial charge in [0, 0.05) is 17.9 Å². The van der Waals surface area contributed by atoms with Crippen LogP contribution in [0.4, 0.5) is 16.5 Å². The van der Waals surface area contributed by atoms with Crippen molar-refractivity contribution in [3.05, 3.63) is 39.6 Å². The van der Waals surface area contributed by atoms with Crippen LogP contribution in [0.25, 0.3) is 10.9 Å². The van der Waals surface area contributed by atoms with Crippen molar-refractivity contribution in [3.8, 4) is 17.6 Å². The van der Waals surface area contributed by atoms with Gasteiger partial charge in [-0.15, -0.1) is 0 Å². The van der Waals surface area contributed by atoms with E-state index in [0.29, 0.717) is 33.0 Å². The molecule has 3 aromatic rings. The fourth-order valence-corrected chi connectivity index (χ4v) is 4.74. The van der Waals surface area contributed by atoms with Crippen LogP contribution in [-0.4, -0.2) is 25.1 Å². The lowest BCUT2D eigenvalue weighted by Crippen LogP contribution is -2.25. The number of benzene rings is 1. The van der Waals surface area contributed by atoms with Crippen LogP contribution in [0.2, 0.25) is 0 Å². The molecule has 6 N–H and O–H groups in total. The maximum absolute atomic E-state index is 12.4. The Balaban J connectivity index is 2.05. The molecule has 1 amide bonds. The standard InChI is InChI=1S/C20H18N6O3S/c1-28-11-4-3-8(5-12(11)29-2)9-6-13(27)25-20-14(9)17-15(19(24)30-20)16(22)10(7-21)18(23)26-17/h3-5,9,24H,6H2,1-2H3,(H,25,27)(H4,22,23,26)/t9-/m0/s1. The average Bonchev–Trinajstić information content (AvgIpc) is 2.72. The second-order valence-electron chi connectivity index (χ2n) is 6.71. The summed E-state index contributed by atoms with van der Waals surface area (Å²) < 4.78 is 10.8. The monoisotopic (exact) mass is 422 g/mol. The number of nitrogen functional groups attached to an aromatic ring is 2. The number of carbonyl (C=O) groups is 1. The largest absolute Gasteiger partial charge is 0.493 e. The summed E-state index contributed by atoms with van der Waals surface area (Å²) in [4.78, 5) is 16.8. The molecule has 0 saturated heterocycles. The first kappa shape index (κ1) is 19.5. The third-order valence-corrected chi connectivity index (χ3v) is 6.04. The highest BCUT2D eigenvalue weighted by atomic mass is 32.1. The summed E-state index contributed by atoms with van der Waals surface area (Å²) in [5.74, 6) is 0.551. The molecule has 0 saturated carbocycles. The van der Waals surface area contributed by atoms with E-state index in [-0.39, 0.29) is 40.0 Å². The van der Waals surface area contributed by atoms with Gasteiger partial charge < -0.3 is 26.3 Å². The quantitative estimate of drug-likeness (QED) is 0.503. The minimum atomic E-state index is -0.368. The molecule has 1 aromatic carbocycles. The number of nitrogens with one attached hydrogen (secondary N) is 2. The van der Waals surface area contributed by atoms with Crippen LogP contribution in [0.1, 0.15) is 29.0 Å². The fourth-order valence-electron chi connectivity index (χ4n) is 3.72. The number of carbonyl (C=O) groups excluding carboxylic acids is 1. The molecule has 1 atom stereocenters. The minimum Gasteiger partial charge on any atom is -0.493 e. The van der Waals surface area contributed by atoms with Crippen molar-refractivity contribution in [3.63, 3.8) is 0 Å². The number of rotatable bonds is 3. The molecular formula is C20H18N6O3S. The summed E-state index contributed by atoms with van der Waals surface area (Å²) >= 11 is 1.08. The van der Waals surface area contributed by atoms with E-state index in [2.05, 4.69) is 10.3 Å². The van der Waals surface area contributed by atoms with Crippen LogP contribution in [0.15, 0.2) is 18.2 Å². The molecular weight excluding hydrogens is 404 g/mol. The van der Waals surface area contributed by atoms with Gasteiger partial charge in [0.25, 0.3) is 0 Å². The Labute approximate surface area is 175 Å². The molecule has 2 aromatic heterocycles. The lowest BCUT2D eigenvalue weighted by molar-refractivity contribution is -0.116. The normalized spacial score (nSPS) is 15.2. The van der Waals surface area contributed by atoms with Crippen LogP contribution in [0.5, 0.6) is 11.5 Å². The Morgan fingerprint density at radius 1 is 1.30 bits per heavy atom. The lowest BCUT2D eigenvalue weighted by Gasteiger charge is -2.27. The second kappa shape index (κ2) is 7.20. The zero-order valence-electron chi connectivity index (χ0n) is 16.2. The van der Waals surface area contributed by atoms with Crippen molar-refractivity contribution >= 4 is 44.7 Å². The van der Waals surface area contributed by atoms with Crippen LogP contribution in [0, 0.1) is 16.7 Å². The number of nitriles is 1. The van der Waals surface area contributed by atoms with Gasteiger partial charge in [-0.2, -0.15) is 5.26 Å². The van der Waals surface area contributed by atoms with Gasteiger partial charge in [-0.3, -0.25) is 10.2 Å². The predicted molar refractivity (Wildman–Crippen MR) is 114 cm³/mol. The molecule has 1 aliphatic heterocycles. The minimum absolute atomic E-state index is 0.0109. The van der Waals surface area contributed by atoms with Crippen LogP contribution < -0.4 is 30.9 Å². The van der Waals surface area contributed by atoms with E-state index in [1.807, 2.05) is 18.2 Å². The molecule has 0 unspecified atom stereocenters. The van der Waals surface area contributed by atoms with E-state index in [4.69, 9.17) is 26.4 Å². The number of nitrogens with zero attached hydrogens (tertiary/aromatic N) is 2. The summed E-state index contributed by atoms with van der Waals surface area (Å²) in [7, 11) is 3.09. The molecule has 0 bridgehead atoms. The number of fused-ring (bicyclic) bond motifs is 3.